The lowest BCUT2D eigenvalue weighted by Crippen LogP contribution is -2.32. The number of aromatic nitrogens is 2. The van der Waals surface area contributed by atoms with Crippen LogP contribution in [0.1, 0.15) is 13.3 Å². The smallest absolute Gasteiger partial charge is 0.243 e. The van der Waals surface area contributed by atoms with Gasteiger partial charge in [0.15, 0.2) is 0 Å². The Kier molecular flexibility index (Phi) is 5.60. The fraction of sp³-hybridized carbons (Fsp3) is 0.700. The van der Waals surface area contributed by atoms with Gasteiger partial charge in [0, 0.05) is 12.4 Å². The number of rotatable bonds is 8. The molecule has 0 saturated carbocycles. The summed E-state index contributed by atoms with van der Waals surface area (Å²) in [7, 11) is -4.10. The van der Waals surface area contributed by atoms with Crippen LogP contribution in [0.5, 0.6) is 0 Å². The van der Waals surface area contributed by atoms with Crippen molar-refractivity contribution in [2.75, 3.05) is 19.0 Å². The summed E-state index contributed by atoms with van der Waals surface area (Å²) in [5.41, 5.74) is 0. The second-order valence-corrected chi connectivity index (χ2v) is 5.23. The summed E-state index contributed by atoms with van der Waals surface area (Å²) in [5, 5.41) is 0. The van der Waals surface area contributed by atoms with E-state index in [0.717, 1.165) is 6.54 Å². The van der Waals surface area contributed by atoms with Crippen molar-refractivity contribution < 1.29 is 22.3 Å². The maximum absolute atomic E-state index is 10.4. The van der Waals surface area contributed by atoms with Crippen LogP contribution < -0.4 is 4.57 Å². The average Bonchev–Trinajstić information content (AvgIpc) is 2.64. The number of hydrogen-bond donors (Lipinski definition) is 0. The summed E-state index contributed by atoms with van der Waals surface area (Å²) in [6, 6.07) is 0. The molecule has 17 heavy (non-hydrogen) atoms. The van der Waals surface area contributed by atoms with Crippen LogP contribution in [-0.2, 0) is 27.9 Å². The van der Waals surface area contributed by atoms with E-state index < -0.39 is 10.1 Å². The van der Waals surface area contributed by atoms with Gasteiger partial charge >= 0.3 is 0 Å². The Balaban J connectivity index is 2.30. The highest BCUT2D eigenvalue weighted by atomic mass is 32.2. The van der Waals surface area contributed by atoms with Crippen molar-refractivity contribution in [2.24, 2.45) is 0 Å². The highest BCUT2D eigenvalue weighted by Crippen LogP contribution is 1.90. The van der Waals surface area contributed by atoms with E-state index in [1.54, 1.807) is 0 Å². The lowest BCUT2D eigenvalue weighted by molar-refractivity contribution is -0.696. The monoisotopic (exact) mass is 262 g/mol. The van der Waals surface area contributed by atoms with Gasteiger partial charge < -0.3 is 9.29 Å². The molecule has 0 aromatic carbocycles. The summed E-state index contributed by atoms with van der Waals surface area (Å²) in [6.45, 7) is 4.59. The average molecular weight is 262 g/mol. The van der Waals surface area contributed by atoms with Crippen LogP contribution in [0.25, 0.3) is 0 Å². The first-order valence-corrected chi connectivity index (χ1v) is 7.15. The molecule has 0 N–H and O–H groups in total. The number of imidazole rings is 1. The largest absolute Gasteiger partial charge is 0.748 e. The molecule has 0 bridgehead atoms. The van der Waals surface area contributed by atoms with E-state index in [0.29, 0.717) is 26.2 Å². The van der Waals surface area contributed by atoms with Crippen molar-refractivity contribution in [3.8, 4) is 0 Å². The van der Waals surface area contributed by atoms with E-state index in [2.05, 4.69) is 0 Å². The molecule has 0 unspecified atom stereocenters. The van der Waals surface area contributed by atoms with Gasteiger partial charge in [-0.3, -0.25) is 0 Å². The first-order chi connectivity index (χ1) is 8.01. The van der Waals surface area contributed by atoms with E-state index in [-0.39, 0.29) is 5.75 Å². The Morgan fingerprint density at radius 3 is 2.88 bits per heavy atom. The summed E-state index contributed by atoms with van der Waals surface area (Å²) in [4.78, 5) is 0. The lowest BCUT2D eigenvalue weighted by Gasteiger charge is -2.04. The molecule has 0 atom stereocenters. The second kappa shape index (κ2) is 6.73. The molecule has 6 nitrogen and oxygen atoms in total. The Morgan fingerprint density at radius 1 is 1.47 bits per heavy atom. The zero-order valence-corrected chi connectivity index (χ0v) is 10.7. The highest BCUT2D eigenvalue weighted by Gasteiger charge is 2.04. The predicted molar refractivity (Wildman–Crippen MR) is 60.3 cm³/mol. The third-order valence-corrected chi connectivity index (χ3v) is 3.04. The summed E-state index contributed by atoms with van der Waals surface area (Å²) in [5.74, 6) is -0.315. The van der Waals surface area contributed by atoms with E-state index >= 15 is 0 Å². The molecule has 0 aliphatic rings. The SMILES string of the molecule is CCOCCn1cc[n+](CCCS(=O)(=O)[O-])c1. The molecule has 1 aromatic heterocycles. The van der Waals surface area contributed by atoms with Gasteiger partial charge in [-0.25, -0.2) is 17.6 Å². The molecular formula is C10H18N2O4S. The maximum Gasteiger partial charge on any atom is 0.243 e. The fourth-order valence-corrected chi connectivity index (χ4v) is 1.92. The van der Waals surface area contributed by atoms with E-state index in [4.69, 9.17) is 4.74 Å². The van der Waals surface area contributed by atoms with E-state index in [1.165, 1.54) is 0 Å². The van der Waals surface area contributed by atoms with Gasteiger partial charge in [0.2, 0.25) is 6.33 Å². The molecule has 0 aliphatic heterocycles. The normalized spacial score (nSPS) is 11.9. The van der Waals surface area contributed by atoms with Gasteiger partial charge in [0.1, 0.15) is 18.9 Å². The van der Waals surface area contributed by atoms with Gasteiger partial charge in [-0.2, -0.15) is 0 Å². The van der Waals surface area contributed by atoms with Gasteiger partial charge in [0.05, 0.1) is 23.3 Å². The van der Waals surface area contributed by atoms with Crippen molar-refractivity contribution in [3.63, 3.8) is 0 Å². The molecule has 0 spiro atoms. The molecule has 0 fully saturated rings. The fourth-order valence-electron chi connectivity index (χ4n) is 1.44. The topological polar surface area (TPSA) is 75.2 Å². The third kappa shape index (κ3) is 6.40. The van der Waals surface area contributed by atoms with Crippen LogP contribution in [-0.4, -0.2) is 36.5 Å². The quantitative estimate of drug-likeness (QED) is 0.368. The first-order valence-electron chi connectivity index (χ1n) is 5.57. The van der Waals surface area contributed by atoms with Crippen LogP contribution in [0.15, 0.2) is 18.7 Å². The highest BCUT2D eigenvalue weighted by molar-refractivity contribution is 7.85. The minimum atomic E-state index is -4.10. The number of aryl methyl sites for hydroxylation is 1. The standard InChI is InChI=1S/C10H18N2O4S/c1-2-16-8-7-12-6-5-11(10-12)4-3-9-17(13,14)15/h5-6,10H,2-4,7-9H2,1H3. The summed E-state index contributed by atoms with van der Waals surface area (Å²) in [6.07, 6.45) is 5.95. The van der Waals surface area contributed by atoms with Crippen LogP contribution in [0, 0.1) is 0 Å². The van der Waals surface area contributed by atoms with E-state index in [9.17, 15) is 13.0 Å². The molecule has 0 saturated heterocycles. The third-order valence-electron chi connectivity index (χ3n) is 2.25. The molecule has 1 aromatic rings. The van der Waals surface area contributed by atoms with Crippen LogP contribution in [0.2, 0.25) is 0 Å². The first kappa shape index (κ1) is 14.1. The summed E-state index contributed by atoms with van der Waals surface area (Å²) < 4.78 is 40.3. The Hall–Kier alpha value is -0.920. The number of hydrogen-bond acceptors (Lipinski definition) is 4. The van der Waals surface area contributed by atoms with Crippen LogP contribution >= 0.6 is 0 Å². The number of nitrogens with zero attached hydrogens (tertiary/aromatic N) is 2. The van der Waals surface area contributed by atoms with Crippen LogP contribution in [0.4, 0.5) is 0 Å². The number of ether oxygens (including phenoxy) is 1. The minimum absolute atomic E-state index is 0.315. The molecule has 7 heteroatoms. The van der Waals surface area contributed by atoms with Gasteiger partial charge in [0.25, 0.3) is 0 Å². The Labute approximate surface area is 102 Å². The molecule has 0 amide bonds. The second-order valence-electron chi connectivity index (χ2n) is 3.70. The zero-order chi connectivity index (χ0) is 12.7. The van der Waals surface area contributed by atoms with Crippen LogP contribution in [0.3, 0.4) is 0 Å². The molecule has 1 rings (SSSR count). The van der Waals surface area contributed by atoms with E-state index in [1.807, 2.05) is 34.8 Å². The van der Waals surface area contributed by atoms with Gasteiger partial charge in [-0.1, -0.05) is 0 Å². The molecule has 98 valence electrons. The Morgan fingerprint density at radius 2 is 2.24 bits per heavy atom. The van der Waals surface area contributed by atoms with Crippen molar-refractivity contribution in [2.45, 2.75) is 26.4 Å². The predicted octanol–water partition coefficient (Wildman–Crippen LogP) is -0.253. The van der Waals surface area contributed by atoms with Crippen molar-refractivity contribution in [1.82, 2.24) is 4.57 Å². The molecular weight excluding hydrogens is 244 g/mol. The van der Waals surface area contributed by atoms with Gasteiger partial charge in [-0.05, 0) is 13.3 Å². The molecule has 0 radical (unpaired) electrons. The molecule has 0 aliphatic carbocycles. The van der Waals surface area contributed by atoms with Crippen molar-refractivity contribution in [1.29, 1.82) is 0 Å². The maximum atomic E-state index is 10.4. The minimum Gasteiger partial charge on any atom is -0.748 e. The lowest BCUT2D eigenvalue weighted by atomic mass is 10.5. The van der Waals surface area contributed by atoms with Crippen molar-refractivity contribution in [3.05, 3.63) is 18.7 Å². The Bertz CT molecular complexity index is 427. The zero-order valence-electron chi connectivity index (χ0n) is 9.91. The summed E-state index contributed by atoms with van der Waals surface area (Å²) >= 11 is 0. The van der Waals surface area contributed by atoms with Crippen molar-refractivity contribution >= 4 is 10.1 Å². The molecule has 1 heterocycles. The van der Waals surface area contributed by atoms with Gasteiger partial charge in [-0.15, -0.1) is 0 Å².